The third-order valence-electron chi connectivity index (χ3n) is 1.08. The van der Waals surface area contributed by atoms with E-state index in [9.17, 15) is 4.79 Å². The average molecular weight is 116 g/mol. The fourth-order valence-corrected chi connectivity index (χ4v) is 0.494. The van der Waals surface area contributed by atoms with Gasteiger partial charge in [0.05, 0.1) is 0 Å². The van der Waals surface area contributed by atoms with Gasteiger partial charge in [0.2, 0.25) is 0 Å². The first kappa shape index (κ1) is 5.68. The van der Waals surface area contributed by atoms with E-state index in [1.54, 1.807) is 6.92 Å². The summed E-state index contributed by atoms with van der Waals surface area (Å²) < 4.78 is 0. The topological polar surface area (TPSA) is 62.2 Å². The molecule has 0 aromatic carbocycles. The average Bonchev–Trinajstić information content (AvgIpc) is 2.45. The molecule has 1 heterocycles. The van der Waals surface area contributed by atoms with Crippen molar-refractivity contribution in [1.82, 2.24) is 10.6 Å². The van der Waals surface area contributed by atoms with Gasteiger partial charge < -0.3 is 0 Å². The summed E-state index contributed by atoms with van der Waals surface area (Å²) in [6, 6.07) is 0. The number of rotatable bonds is 2. The Morgan fingerprint density at radius 3 is 2.62 bits per heavy atom. The fourth-order valence-electron chi connectivity index (χ4n) is 0.494. The minimum atomic E-state index is -0.417. The molecule has 0 bridgehead atoms. The number of Topliss-reactive ketones (excluding diaryl/α,β-unsaturated/α-hetero) is 1. The molecule has 0 aromatic heterocycles. The van der Waals surface area contributed by atoms with Crippen molar-refractivity contribution in [2.45, 2.75) is 19.5 Å². The van der Waals surface area contributed by atoms with Crippen LogP contribution in [0.5, 0.6) is 0 Å². The van der Waals surface area contributed by atoms with E-state index in [2.05, 4.69) is 5.43 Å². The van der Waals surface area contributed by atoms with Crippen molar-refractivity contribution >= 4 is 5.78 Å². The predicted octanol–water partition coefficient (Wildman–Crippen LogP) is -0.499. The van der Waals surface area contributed by atoms with E-state index in [1.807, 2.05) is 0 Å². The van der Waals surface area contributed by atoms with Crippen molar-refractivity contribution in [1.29, 1.82) is 0 Å². The molecule has 0 aliphatic carbocycles. The van der Waals surface area contributed by atoms with Crippen LogP contribution in [0.2, 0.25) is 0 Å². The van der Waals surface area contributed by atoms with Gasteiger partial charge in [0.15, 0.2) is 11.9 Å². The Hall–Kier alpha value is -0.450. The minimum Gasteiger partial charge on any atom is -0.297 e. The second kappa shape index (κ2) is 1.81. The molecule has 0 radical (unpaired) electrons. The van der Waals surface area contributed by atoms with Crippen LogP contribution in [-0.2, 0) is 4.79 Å². The number of nitrogens with one attached hydrogen (secondary N) is 1. The van der Waals surface area contributed by atoms with E-state index in [0.717, 1.165) is 5.17 Å². The van der Waals surface area contributed by atoms with Crippen LogP contribution in [-0.4, -0.2) is 22.3 Å². The predicted molar refractivity (Wildman–Crippen MR) is 25.8 cm³/mol. The monoisotopic (exact) mass is 116 g/mol. The molecule has 1 aliphatic rings. The summed E-state index contributed by atoms with van der Waals surface area (Å²) in [6.45, 7) is 1.76. The minimum absolute atomic E-state index is 0.0208. The van der Waals surface area contributed by atoms with Gasteiger partial charge in [0.25, 0.3) is 0 Å². The first-order valence-corrected chi connectivity index (χ1v) is 2.52. The first-order valence-electron chi connectivity index (χ1n) is 2.52. The van der Waals surface area contributed by atoms with E-state index in [0.29, 0.717) is 6.42 Å². The molecule has 1 aliphatic heterocycles. The van der Waals surface area contributed by atoms with Gasteiger partial charge in [-0.05, 0) is 0 Å². The van der Waals surface area contributed by atoms with Crippen molar-refractivity contribution < 1.29 is 10.0 Å². The molecule has 46 valence electrons. The Labute approximate surface area is 47.0 Å². The molecule has 2 N–H and O–H groups in total. The zero-order chi connectivity index (χ0) is 6.15. The van der Waals surface area contributed by atoms with Gasteiger partial charge in [-0.25, -0.2) is 5.43 Å². The Kier molecular flexibility index (Phi) is 1.29. The second-order valence-electron chi connectivity index (χ2n) is 1.70. The highest BCUT2D eigenvalue weighted by molar-refractivity contribution is 5.84. The Morgan fingerprint density at radius 2 is 2.50 bits per heavy atom. The molecule has 8 heavy (non-hydrogen) atoms. The van der Waals surface area contributed by atoms with Crippen LogP contribution in [0.1, 0.15) is 13.3 Å². The summed E-state index contributed by atoms with van der Waals surface area (Å²) in [5.41, 5.74) is 2.42. The highest BCUT2D eigenvalue weighted by Crippen LogP contribution is 2.06. The highest BCUT2D eigenvalue weighted by atomic mass is 16.6. The third kappa shape index (κ3) is 0.861. The van der Waals surface area contributed by atoms with Crippen molar-refractivity contribution in [3.63, 3.8) is 0 Å². The lowest BCUT2D eigenvalue weighted by atomic mass is 10.3. The van der Waals surface area contributed by atoms with Crippen LogP contribution in [0.3, 0.4) is 0 Å². The van der Waals surface area contributed by atoms with Crippen LogP contribution < -0.4 is 5.43 Å². The largest absolute Gasteiger partial charge is 0.297 e. The van der Waals surface area contributed by atoms with Crippen molar-refractivity contribution in [3.8, 4) is 0 Å². The van der Waals surface area contributed by atoms with Crippen molar-refractivity contribution in [2.24, 2.45) is 0 Å². The molecule has 0 aromatic rings. The van der Waals surface area contributed by atoms with E-state index in [-0.39, 0.29) is 5.78 Å². The second-order valence-corrected chi connectivity index (χ2v) is 1.70. The zero-order valence-electron chi connectivity index (χ0n) is 4.59. The molecule has 0 spiro atoms. The van der Waals surface area contributed by atoms with E-state index in [4.69, 9.17) is 5.21 Å². The fraction of sp³-hybridized carbons (Fsp3) is 0.750. The number of carbonyl (C=O) groups excluding carboxylic acids is 1. The standard InChI is InChI=1S/C4H8N2O2/c1-2-3(7)4-5-6(4)8/h4-5,8H,2H2,1H3. The van der Waals surface area contributed by atoms with Gasteiger partial charge in [0, 0.05) is 6.42 Å². The molecule has 1 rings (SSSR count). The number of hydroxylamine groups is 1. The maximum atomic E-state index is 10.5. The smallest absolute Gasteiger partial charge is 0.174 e. The SMILES string of the molecule is CCC(=O)C1NN1O. The summed E-state index contributed by atoms with van der Waals surface area (Å²) in [6.07, 6.45) is 0.0503. The summed E-state index contributed by atoms with van der Waals surface area (Å²) in [4.78, 5) is 10.5. The van der Waals surface area contributed by atoms with Crippen LogP contribution >= 0.6 is 0 Å². The van der Waals surface area contributed by atoms with Crippen molar-refractivity contribution in [3.05, 3.63) is 0 Å². The third-order valence-corrected chi connectivity index (χ3v) is 1.08. The first-order chi connectivity index (χ1) is 3.75. The summed E-state index contributed by atoms with van der Waals surface area (Å²) in [5, 5.41) is 9.23. The quantitative estimate of drug-likeness (QED) is 0.477. The maximum absolute atomic E-state index is 10.5. The molecular formula is C4H8N2O2. The number of carbonyl (C=O) groups is 1. The highest BCUT2D eigenvalue weighted by Gasteiger charge is 2.37. The molecule has 4 nitrogen and oxygen atoms in total. The van der Waals surface area contributed by atoms with E-state index >= 15 is 0 Å². The number of hydrazine groups is 1. The normalized spacial score (nSPS) is 34.8. The lowest BCUT2D eigenvalue weighted by Crippen LogP contribution is -2.09. The molecular weight excluding hydrogens is 108 g/mol. The van der Waals surface area contributed by atoms with E-state index < -0.39 is 6.17 Å². The van der Waals surface area contributed by atoms with E-state index in [1.165, 1.54) is 0 Å². The van der Waals surface area contributed by atoms with Crippen LogP contribution in [0.15, 0.2) is 0 Å². The number of hydrogen-bond acceptors (Lipinski definition) is 4. The number of hydrogen-bond donors (Lipinski definition) is 2. The van der Waals surface area contributed by atoms with Gasteiger partial charge in [-0.1, -0.05) is 12.1 Å². The summed E-state index contributed by atoms with van der Waals surface area (Å²) >= 11 is 0. The molecule has 1 fully saturated rings. The molecule has 2 unspecified atom stereocenters. The Balaban J connectivity index is 2.28. The summed E-state index contributed by atoms with van der Waals surface area (Å²) in [7, 11) is 0. The van der Waals surface area contributed by atoms with Gasteiger partial charge in [-0.3, -0.25) is 10.0 Å². The van der Waals surface area contributed by atoms with Gasteiger partial charge >= 0.3 is 0 Å². The van der Waals surface area contributed by atoms with Gasteiger partial charge in [-0.15, -0.1) is 0 Å². The molecule has 1 saturated heterocycles. The lowest BCUT2D eigenvalue weighted by Gasteiger charge is -1.84. The molecule has 0 saturated carbocycles. The Morgan fingerprint density at radius 1 is 2.00 bits per heavy atom. The molecule has 0 amide bonds. The Bertz CT molecular complexity index is 115. The summed E-state index contributed by atoms with van der Waals surface area (Å²) in [5.74, 6) is 0.0208. The molecule has 2 atom stereocenters. The zero-order valence-corrected chi connectivity index (χ0v) is 4.59. The number of ketones is 1. The number of nitrogens with zero attached hydrogens (tertiary/aromatic N) is 1. The van der Waals surface area contributed by atoms with Gasteiger partial charge in [0.1, 0.15) is 0 Å². The lowest BCUT2D eigenvalue weighted by molar-refractivity contribution is -0.121. The van der Waals surface area contributed by atoms with Crippen LogP contribution in [0.25, 0.3) is 0 Å². The van der Waals surface area contributed by atoms with Gasteiger partial charge in [-0.2, -0.15) is 0 Å². The van der Waals surface area contributed by atoms with Crippen LogP contribution in [0.4, 0.5) is 0 Å². The van der Waals surface area contributed by atoms with Crippen molar-refractivity contribution in [2.75, 3.05) is 0 Å². The maximum Gasteiger partial charge on any atom is 0.174 e. The van der Waals surface area contributed by atoms with Crippen LogP contribution in [0, 0.1) is 0 Å². The molecule has 4 heteroatoms.